The molecule has 0 atom stereocenters. The second-order valence-electron chi connectivity index (χ2n) is 3.22. The van der Waals surface area contributed by atoms with Crippen LogP contribution in [-0.2, 0) is 0 Å². The predicted molar refractivity (Wildman–Crippen MR) is 49.3 cm³/mol. The average Bonchev–Trinajstić information content (AvgIpc) is 2.71. The zero-order valence-electron chi connectivity index (χ0n) is 7.97. The number of hydrogen-bond donors (Lipinski definition) is 1. The molecule has 2 aromatic rings. The van der Waals surface area contributed by atoms with Gasteiger partial charge in [0, 0.05) is 18.3 Å². The summed E-state index contributed by atoms with van der Waals surface area (Å²) >= 11 is 0. The number of nitrogens with one attached hydrogen (secondary N) is 1. The summed E-state index contributed by atoms with van der Waals surface area (Å²) in [6.45, 7) is 4.09. The van der Waals surface area contributed by atoms with Crippen LogP contribution in [0.2, 0.25) is 0 Å². The van der Waals surface area contributed by atoms with Gasteiger partial charge in [-0.1, -0.05) is 13.8 Å². The Morgan fingerprint density at radius 2 is 1.93 bits per heavy atom. The third-order valence-electron chi connectivity index (χ3n) is 1.79. The monoisotopic (exact) mass is 190 g/mol. The minimum Gasteiger partial charge on any atom is -0.240 e. The van der Waals surface area contributed by atoms with E-state index >= 15 is 0 Å². The Morgan fingerprint density at radius 3 is 2.43 bits per heavy atom. The normalized spacial score (nSPS) is 10.8. The number of rotatable bonds is 2. The Hall–Kier alpha value is -1.85. The largest absolute Gasteiger partial charge is 0.240 e. The maximum Gasteiger partial charge on any atom is 0.207 e. The molecule has 14 heavy (non-hydrogen) atoms. The summed E-state index contributed by atoms with van der Waals surface area (Å²) in [5.74, 6) is 1.66. The van der Waals surface area contributed by atoms with Crippen molar-refractivity contribution in [1.29, 1.82) is 0 Å². The number of aromatic amines is 1. The number of tetrazole rings is 1. The first-order valence-corrected chi connectivity index (χ1v) is 4.33. The minimum absolute atomic E-state index is 0.328. The molecule has 2 heterocycles. The van der Waals surface area contributed by atoms with Gasteiger partial charge in [0.05, 0.1) is 5.56 Å². The van der Waals surface area contributed by atoms with E-state index in [1.807, 2.05) is 13.8 Å². The van der Waals surface area contributed by atoms with E-state index in [0.29, 0.717) is 11.7 Å². The predicted octanol–water partition coefficient (Wildman–Crippen LogP) is 0.780. The first-order chi connectivity index (χ1) is 6.77. The van der Waals surface area contributed by atoms with Crippen LogP contribution in [0.4, 0.5) is 0 Å². The van der Waals surface area contributed by atoms with Gasteiger partial charge in [-0.05, 0) is 5.21 Å². The van der Waals surface area contributed by atoms with Gasteiger partial charge in [0.1, 0.15) is 5.82 Å². The van der Waals surface area contributed by atoms with Crippen molar-refractivity contribution in [2.45, 2.75) is 19.8 Å². The van der Waals surface area contributed by atoms with Crippen LogP contribution in [0.3, 0.4) is 0 Å². The Labute approximate surface area is 80.8 Å². The van der Waals surface area contributed by atoms with Crippen molar-refractivity contribution in [3.05, 3.63) is 18.2 Å². The maximum atomic E-state index is 4.20. The molecule has 0 aliphatic carbocycles. The molecule has 0 saturated carbocycles. The number of H-pyrrole nitrogens is 1. The number of hydrogen-bond acceptors (Lipinski definition) is 5. The van der Waals surface area contributed by atoms with E-state index in [9.17, 15) is 0 Å². The van der Waals surface area contributed by atoms with E-state index < -0.39 is 0 Å². The van der Waals surface area contributed by atoms with Crippen LogP contribution in [0.1, 0.15) is 25.6 Å². The highest BCUT2D eigenvalue weighted by Gasteiger charge is 2.06. The third kappa shape index (κ3) is 1.59. The summed E-state index contributed by atoms with van der Waals surface area (Å²) in [6.07, 6.45) is 3.40. The summed E-state index contributed by atoms with van der Waals surface area (Å²) in [4.78, 5) is 8.40. The molecule has 0 aliphatic heterocycles. The molecule has 0 amide bonds. The van der Waals surface area contributed by atoms with Gasteiger partial charge in [-0.3, -0.25) is 0 Å². The van der Waals surface area contributed by atoms with Crippen molar-refractivity contribution in [1.82, 2.24) is 30.6 Å². The van der Waals surface area contributed by atoms with E-state index in [4.69, 9.17) is 0 Å². The van der Waals surface area contributed by atoms with E-state index in [1.54, 1.807) is 12.4 Å². The van der Waals surface area contributed by atoms with Crippen molar-refractivity contribution < 1.29 is 0 Å². The molecule has 0 saturated heterocycles. The smallest absolute Gasteiger partial charge is 0.207 e. The van der Waals surface area contributed by atoms with Gasteiger partial charge >= 0.3 is 0 Å². The van der Waals surface area contributed by atoms with Crippen LogP contribution < -0.4 is 0 Å². The highest BCUT2D eigenvalue weighted by Crippen LogP contribution is 2.12. The lowest BCUT2D eigenvalue weighted by Gasteiger charge is -2.01. The number of nitrogens with zero attached hydrogens (tertiary/aromatic N) is 5. The molecular weight excluding hydrogens is 180 g/mol. The fourth-order valence-corrected chi connectivity index (χ4v) is 1.04. The molecule has 0 fully saturated rings. The van der Waals surface area contributed by atoms with Crippen molar-refractivity contribution in [2.75, 3.05) is 0 Å². The molecule has 72 valence electrons. The lowest BCUT2D eigenvalue weighted by Crippen LogP contribution is -1.97. The quantitative estimate of drug-likeness (QED) is 0.756. The van der Waals surface area contributed by atoms with Gasteiger partial charge in [-0.2, -0.15) is 5.21 Å². The van der Waals surface area contributed by atoms with Crippen molar-refractivity contribution >= 4 is 0 Å². The first-order valence-electron chi connectivity index (χ1n) is 4.33. The Balaban J connectivity index is 2.31. The first kappa shape index (κ1) is 8.74. The maximum absolute atomic E-state index is 4.20. The van der Waals surface area contributed by atoms with Gasteiger partial charge in [0.2, 0.25) is 5.82 Å². The number of aromatic nitrogens is 6. The SMILES string of the molecule is CC(C)c1ncc(-c2nn[nH]n2)cn1. The molecule has 0 radical (unpaired) electrons. The van der Waals surface area contributed by atoms with Gasteiger partial charge in [-0.25, -0.2) is 9.97 Å². The summed E-state index contributed by atoms with van der Waals surface area (Å²) in [6, 6.07) is 0. The van der Waals surface area contributed by atoms with Gasteiger partial charge in [-0.15, -0.1) is 10.2 Å². The zero-order chi connectivity index (χ0) is 9.97. The van der Waals surface area contributed by atoms with Crippen molar-refractivity contribution in [2.24, 2.45) is 0 Å². The standard InChI is InChI=1S/C8H10N6/c1-5(2)7-9-3-6(4-10-7)8-11-13-14-12-8/h3-5H,1-2H3,(H,11,12,13,14). The van der Waals surface area contributed by atoms with Crippen LogP contribution in [-0.4, -0.2) is 30.6 Å². The summed E-state index contributed by atoms with van der Waals surface area (Å²) in [5, 5.41) is 13.5. The fourth-order valence-electron chi connectivity index (χ4n) is 1.04. The Kier molecular flexibility index (Phi) is 2.18. The van der Waals surface area contributed by atoms with E-state index in [0.717, 1.165) is 11.4 Å². The van der Waals surface area contributed by atoms with Gasteiger partial charge in [0.25, 0.3) is 0 Å². The topological polar surface area (TPSA) is 80.2 Å². The second kappa shape index (κ2) is 3.49. The Morgan fingerprint density at radius 1 is 1.21 bits per heavy atom. The fraction of sp³-hybridized carbons (Fsp3) is 0.375. The second-order valence-corrected chi connectivity index (χ2v) is 3.22. The van der Waals surface area contributed by atoms with Crippen LogP contribution in [0.5, 0.6) is 0 Å². The highest BCUT2D eigenvalue weighted by atomic mass is 15.5. The molecule has 0 bridgehead atoms. The molecule has 2 aromatic heterocycles. The zero-order valence-corrected chi connectivity index (χ0v) is 7.97. The highest BCUT2D eigenvalue weighted by molar-refractivity contribution is 5.49. The summed E-state index contributed by atoms with van der Waals surface area (Å²) in [7, 11) is 0. The molecule has 6 heteroatoms. The van der Waals surface area contributed by atoms with Crippen molar-refractivity contribution in [3.63, 3.8) is 0 Å². The molecule has 1 N–H and O–H groups in total. The lowest BCUT2D eigenvalue weighted by molar-refractivity contribution is 0.774. The Bertz CT molecular complexity index is 390. The minimum atomic E-state index is 0.328. The summed E-state index contributed by atoms with van der Waals surface area (Å²) in [5.41, 5.74) is 0.767. The molecular formula is C8H10N6. The molecule has 0 spiro atoms. The average molecular weight is 190 g/mol. The molecule has 0 aromatic carbocycles. The molecule has 2 rings (SSSR count). The van der Waals surface area contributed by atoms with Gasteiger partial charge in [0.15, 0.2) is 0 Å². The molecule has 6 nitrogen and oxygen atoms in total. The van der Waals surface area contributed by atoms with Gasteiger partial charge < -0.3 is 0 Å². The molecule has 0 aliphatic rings. The van der Waals surface area contributed by atoms with E-state index in [1.165, 1.54) is 0 Å². The van der Waals surface area contributed by atoms with Crippen LogP contribution in [0, 0.1) is 0 Å². The summed E-state index contributed by atoms with van der Waals surface area (Å²) < 4.78 is 0. The van der Waals surface area contributed by atoms with E-state index in [2.05, 4.69) is 30.6 Å². The molecule has 0 unspecified atom stereocenters. The van der Waals surface area contributed by atoms with E-state index in [-0.39, 0.29) is 0 Å². The van der Waals surface area contributed by atoms with Crippen LogP contribution in [0.25, 0.3) is 11.4 Å². The lowest BCUT2D eigenvalue weighted by atomic mass is 10.2. The van der Waals surface area contributed by atoms with Crippen molar-refractivity contribution in [3.8, 4) is 11.4 Å². The third-order valence-corrected chi connectivity index (χ3v) is 1.79. The van der Waals surface area contributed by atoms with Crippen LogP contribution >= 0.6 is 0 Å². The van der Waals surface area contributed by atoms with Crippen LogP contribution in [0.15, 0.2) is 12.4 Å².